The molecule has 0 fully saturated rings. The minimum Gasteiger partial charge on any atom is -0.744 e. The van der Waals surface area contributed by atoms with Crippen molar-refractivity contribution in [1.29, 1.82) is 0 Å². The van der Waals surface area contributed by atoms with Crippen LogP contribution in [0.4, 0.5) is 11.4 Å². The van der Waals surface area contributed by atoms with E-state index in [1.165, 1.54) is 24.3 Å². The van der Waals surface area contributed by atoms with Gasteiger partial charge in [-0.1, -0.05) is 29.8 Å². The molecular weight excluding hydrogens is 568 g/mol. The third-order valence-corrected chi connectivity index (χ3v) is 8.83. The van der Waals surface area contributed by atoms with Crippen LogP contribution in [0, 0.1) is 0 Å². The van der Waals surface area contributed by atoms with Crippen molar-refractivity contribution in [3.63, 3.8) is 0 Å². The molecule has 8 nitrogen and oxygen atoms in total. The lowest BCUT2D eigenvalue weighted by atomic mass is 9.81. The summed E-state index contributed by atoms with van der Waals surface area (Å²) in [5, 5.41) is 3.30. The van der Waals surface area contributed by atoms with Crippen LogP contribution in [-0.2, 0) is 31.1 Å². The number of fused-ring (bicyclic) bond motifs is 2. The number of halogens is 1. The van der Waals surface area contributed by atoms with Crippen LogP contribution in [-0.4, -0.2) is 31.7 Å². The second-order valence-electron chi connectivity index (χ2n) is 9.72. The van der Waals surface area contributed by atoms with Gasteiger partial charge in [0.2, 0.25) is 5.69 Å². The normalized spacial score (nSPS) is 19.8. The summed E-state index contributed by atoms with van der Waals surface area (Å²) < 4.78 is 67.6. The molecule has 2 aliphatic heterocycles. The standard InChI is InChI=1S/C25H25BrN2O6S2/c1-24(2)18-13-16(35(29,30)31)7-9-20(18)27-22(24)11-5-15(26)6-12-23-25(3,4)19-14-17(36(32,33)34)8-10-21(19)28-23/h5-14,27H,1-4H3,(H,29,30,31)(H,32,33,34)/b12-6+,15-5-,22-11+. The van der Waals surface area contributed by atoms with Crippen LogP contribution in [0.1, 0.15) is 38.8 Å². The van der Waals surface area contributed by atoms with E-state index in [4.69, 9.17) is 0 Å². The van der Waals surface area contributed by atoms with Gasteiger partial charge in [-0.3, -0.25) is 4.55 Å². The van der Waals surface area contributed by atoms with Crippen LogP contribution in [0.15, 0.2) is 80.7 Å². The molecule has 2 aromatic rings. The lowest BCUT2D eigenvalue weighted by Gasteiger charge is -2.20. The molecule has 4 rings (SSSR count). The van der Waals surface area contributed by atoms with Gasteiger partial charge in [0.05, 0.1) is 15.2 Å². The highest BCUT2D eigenvalue weighted by Gasteiger charge is 2.40. The summed E-state index contributed by atoms with van der Waals surface area (Å²) in [6.45, 7) is 7.79. The number of hydrogen-bond acceptors (Lipinski definition) is 6. The average Bonchev–Trinajstić information content (AvgIpc) is 3.17. The molecule has 2 aromatic carbocycles. The first kappa shape index (κ1) is 26.5. The zero-order chi connectivity index (χ0) is 26.7. The Bertz CT molecular complexity index is 1620. The van der Waals surface area contributed by atoms with Crippen LogP contribution < -0.4 is 10.3 Å². The van der Waals surface area contributed by atoms with E-state index >= 15 is 0 Å². The zero-order valence-electron chi connectivity index (χ0n) is 20.0. The van der Waals surface area contributed by atoms with Crippen LogP contribution in [0.5, 0.6) is 0 Å². The summed E-state index contributed by atoms with van der Waals surface area (Å²) >= 11 is 3.54. The molecule has 190 valence electrons. The monoisotopic (exact) mass is 592 g/mol. The van der Waals surface area contributed by atoms with Gasteiger partial charge in [0.25, 0.3) is 10.1 Å². The van der Waals surface area contributed by atoms with E-state index in [2.05, 4.69) is 26.2 Å². The van der Waals surface area contributed by atoms with E-state index in [-0.39, 0.29) is 9.79 Å². The minimum atomic E-state index is -4.55. The summed E-state index contributed by atoms with van der Waals surface area (Å²) in [5.74, 6) is 0. The molecule has 2 aliphatic rings. The van der Waals surface area contributed by atoms with E-state index < -0.39 is 31.1 Å². The Labute approximate surface area is 219 Å². The molecule has 2 heterocycles. The molecule has 0 saturated carbocycles. The number of hydrogen-bond donors (Lipinski definition) is 3. The van der Waals surface area contributed by atoms with Crippen molar-refractivity contribution in [2.45, 2.75) is 48.3 Å². The predicted octanol–water partition coefficient (Wildman–Crippen LogP) is 3.40. The van der Waals surface area contributed by atoms with E-state index in [0.29, 0.717) is 0 Å². The molecule has 0 unspecified atom stereocenters. The first-order chi connectivity index (χ1) is 16.5. The summed E-state index contributed by atoms with van der Waals surface area (Å²) in [6.07, 6.45) is 7.47. The number of anilines is 1. The Morgan fingerprint density at radius 2 is 1.64 bits per heavy atom. The highest BCUT2D eigenvalue weighted by Crippen LogP contribution is 2.44. The lowest BCUT2D eigenvalue weighted by molar-refractivity contribution is -0.349. The highest BCUT2D eigenvalue weighted by molar-refractivity contribution is 9.11. The number of benzene rings is 2. The van der Waals surface area contributed by atoms with Crippen molar-refractivity contribution in [2.75, 3.05) is 5.32 Å². The average molecular weight is 594 g/mol. The maximum Gasteiger partial charge on any atom is 0.294 e. The summed E-state index contributed by atoms with van der Waals surface area (Å²) in [7, 11) is -8.85. The molecule has 0 bridgehead atoms. The molecule has 0 aromatic heterocycles. The Kier molecular flexibility index (Phi) is 6.46. The van der Waals surface area contributed by atoms with Crippen molar-refractivity contribution in [3.8, 4) is 0 Å². The fourth-order valence-corrected chi connectivity index (χ4v) is 5.66. The van der Waals surface area contributed by atoms with Crippen LogP contribution in [0.2, 0.25) is 0 Å². The quantitative estimate of drug-likeness (QED) is 0.357. The Morgan fingerprint density at radius 3 is 2.28 bits per heavy atom. The van der Waals surface area contributed by atoms with Gasteiger partial charge >= 0.3 is 0 Å². The van der Waals surface area contributed by atoms with Crippen molar-refractivity contribution < 1.29 is 30.9 Å². The van der Waals surface area contributed by atoms with Crippen molar-refractivity contribution in [1.82, 2.24) is 0 Å². The van der Waals surface area contributed by atoms with E-state index in [9.17, 15) is 25.9 Å². The van der Waals surface area contributed by atoms with E-state index in [1.54, 1.807) is 12.1 Å². The summed E-state index contributed by atoms with van der Waals surface area (Å²) in [4.78, 5) is 2.88. The largest absolute Gasteiger partial charge is 0.744 e. The molecule has 11 heteroatoms. The molecule has 3 N–H and O–H groups in total. The smallest absolute Gasteiger partial charge is 0.294 e. The van der Waals surface area contributed by atoms with E-state index in [0.717, 1.165) is 38.4 Å². The van der Waals surface area contributed by atoms with Gasteiger partial charge in [0.1, 0.15) is 10.1 Å². The first-order valence-electron chi connectivity index (χ1n) is 10.9. The van der Waals surface area contributed by atoms with Gasteiger partial charge < -0.3 is 9.87 Å². The molecule has 0 radical (unpaired) electrons. The fraction of sp³-hybridized carbons (Fsp3) is 0.240. The van der Waals surface area contributed by atoms with Crippen molar-refractivity contribution in [2.24, 2.45) is 0 Å². The Balaban J connectivity index is 1.57. The summed E-state index contributed by atoms with van der Waals surface area (Å²) in [6, 6.07) is 8.77. The first-order valence-corrected chi connectivity index (χ1v) is 14.6. The SMILES string of the molecule is CC1(C)C(/C=C/C(Br)=C/C=C2/Nc3ccc(S(=O)(=O)O)cc3C2(C)C)=[NH+]c2ccc(S(=O)(=O)[O-])cc21. The Morgan fingerprint density at radius 1 is 1.00 bits per heavy atom. The number of allylic oxidation sites excluding steroid dienone is 6. The van der Waals surface area contributed by atoms with Gasteiger partial charge in [-0.15, -0.1) is 0 Å². The third kappa shape index (κ3) is 4.85. The molecular formula is C25H25BrN2O6S2. The maximum absolute atomic E-state index is 11.5. The maximum atomic E-state index is 11.5. The van der Waals surface area contributed by atoms with Crippen molar-refractivity contribution >= 4 is 53.3 Å². The van der Waals surface area contributed by atoms with Crippen LogP contribution >= 0.6 is 15.9 Å². The Hall–Kier alpha value is -2.57. The fourth-order valence-electron chi connectivity index (χ4n) is 4.39. The molecule has 0 amide bonds. The third-order valence-electron chi connectivity index (χ3n) is 6.62. The minimum absolute atomic E-state index is 0.151. The molecule has 0 saturated heterocycles. The van der Waals surface area contributed by atoms with Crippen molar-refractivity contribution in [3.05, 3.63) is 82.0 Å². The zero-order valence-corrected chi connectivity index (χ0v) is 23.2. The predicted molar refractivity (Wildman–Crippen MR) is 140 cm³/mol. The molecule has 0 aliphatic carbocycles. The molecule has 0 atom stereocenters. The lowest BCUT2D eigenvalue weighted by Crippen LogP contribution is -2.65. The van der Waals surface area contributed by atoms with Gasteiger partial charge in [-0.25, -0.2) is 13.4 Å². The van der Waals surface area contributed by atoms with Crippen LogP contribution in [0.3, 0.4) is 0 Å². The number of nitrogens with one attached hydrogen (secondary N) is 2. The van der Waals surface area contributed by atoms with Crippen LogP contribution in [0.25, 0.3) is 0 Å². The molecule has 36 heavy (non-hydrogen) atoms. The molecule has 0 spiro atoms. The van der Waals surface area contributed by atoms with Gasteiger partial charge in [-0.2, -0.15) is 8.42 Å². The van der Waals surface area contributed by atoms with Gasteiger partial charge in [0.15, 0.2) is 5.71 Å². The second kappa shape index (κ2) is 8.77. The van der Waals surface area contributed by atoms with Gasteiger partial charge in [-0.05, 0) is 68.0 Å². The highest BCUT2D eigenvalue weighted by atomic mass is 79.9. The topological polar surface area (TPSA) is 138 Å². The second-order valence-corrected chi connectivity index (χ2v) is 13.4. The summed E-state index contributed by atoms with van der Waals surface area (Å²) in [5.41, 5.74) is 3.61. The number of rotatable bonds is 5. The van der Waals surface area contributed by atoms with E-state index in [1.807, 2.05) is 52.0 Å². The van der Waals surface area contributed by atoms with Gasteiger partial charge in [0, 0.05) is 39.0 Å².